The maximum Gasteiger partial charge on any atom is 0.238 e. The van der Waals surface area contributed by atoms with Crippen molar-refractivity contribution in [1.29, 1.82) is 0 Å². The number of aromatic nitrogens is 2. The van der Waals surface area contributed by atoms with Crippen LogP contribution in [0.5, 0.6) is 0 Å². The Hall–Kier alpha value is -1.84. The van der Waals surface area contributed by atoms with Gasteiger partial charge in [0.1, 0.15) is 0 Å². The smallest absolute Gasteiger partial charge is 0.238 e. The van der Waals surface area contributed by atoms with Gasteiger partial charge in [0.05, 0.1) is 31.4 Å². The Balaban J connectivity index is 2.09. The molecule has 6 heteroatoms. The van der Waals surface area contributed by atoms with E-state index < -0.39 is 6.04 Å². The van der Waals surface area contributed by atoms with Crippen LogP contribution in [0.15, 0.2) is 6.20 Å². The van der Waals surface area contributed by atoms with Crippen molar-refractivity contribution in [2.75, 3.05) is 6.61 Å². The fraction of sp³-hybridized carbons (Fsp3) is 0.571. The number of carbonyl (C=O) groups is 1. The molecule has 108 valence electrons. The molecule has 4 N–H and O–H groups in total. The van der Waals surface area contributed by atoms with Crippen LogP contribution in [-0.4, -0.2) is 33.4 Å². The lowest BCUT2D eigenvalue weighted by Crippen LogP contribution is -2.42. The number of amides is 1. The maximum atomic E-state index is 11.9. The molecule has 0 radical (unpaired) electrons. The minimum Gasteiger partial charge on any atom is -0.394 e. The molecule has 0 saturated carbocycles. The van der Waals surface area contributed by atoms with E-state index in [0.717, 1.165) is 30.5 Å². The predicted molar refractivity (Wildman–Crippen MR) is 74.6 cm³/mol. The Morgan fingerprint density at radius 2 is 2.55 bits per heavy atom. The summed E-state index contributed by atoms with van der Waals surface area (Å²) in [7, 11) is 0. The summed E-state index contributed by atoms with van der Waals surface area (Å²) >= 11 is 0. The number of aliphatic hydroxyl groups is 1. The van der Waals surface area contributed by atoms with Gasteiger partial charge in [-0.25, -0.2) is 0 Å². The number of terminal acetylenes is 1. The second-order valence-electron chi connectivity index (χ2n) is 4.96. The van der Waals surface area contributed by atoms with Gasteiger partial charge in [-0.1, -0.05) is 0 Å². The highest BCUT2D eigenvalue weighted by Gasteiger charge is 2.26. The number of nitrogens with one attached hydrogen (secondary N) is 1. The minimum atomic E-state index is -0.669. The average Bonchev–Trinajstić information content (AvgIpc) is 2.84. The molecule has 2 rings (SSSR count). The number of nitrogens with zero attached hydrogens (tertiary/aromatic N) is 2. The number of carbonyl (C=O) groups excluding carboxylic acids is 1. The Bertz CT molecular complexity index is 518. The molecule has 2 unspecified atom stereocenters. The largest absolute Gasteiger partial charge is 0.394 e. The zero-order chi connectivity index (χ0) is 14.5. The lowest BCUT2D eigenvalue weighted by molar-refractivity contribution is -0.123. The van der Waals surface area contributed by atoms with E-state index in [9.17, 15) is 4.79 Å². The number of nitrogens with two attached hydrogens (primary N) is 1. The van der Waals surface area contributed by atoms with Gasteiger partial charge >= 0.3 is 0 Å². The molecule has 0 bridgehead atoms. The third kappa shape index (κ3) is 3.00. The van der Waals surface area contributed by atoms with E-state index in [4.69, 9.17) is 17.3 Å². The van der Waals surface area contributed by atoms with Crippen molar-refractivity contribution in [3.8, 4) is 12.3 Å². The first-order valence-corrected chi connectivity index (χ1v) is 6.82. The standard InChI is InChI=1S/C14H20N4O2/c1-2-4-11(15)14(20)17-12-5-3-6-13-10(12)9-16-18(13)7-8-19/h1,9,11-12,19H,3-8,15H2,(H,17,20). The Morgan fingerprint density at radius 3 is 3.25 bits per heavy atom. The topological polar surface area (TPSA) is 93.2 Å². The molecule has 0 aromatic carbocycles. The summed E-state index contributed by atoms with van der Waals surface area (Å²) in [6, 6.07) is -0.736. The van der Waals surface area contributed by atoms with Crippen LogP contribution in [0.1, 0.15) is 36.6 Å². The molecular weight excluding hydrogens is 256 g/mol. The molecule has 6 nitrogen and oxygen atoms in total. The summed E-state index contributed by atoms with van der Waals surface area (Å²) in [5, 5.41) is 16.2. The van der Waals surface area contributed by atoms with Gasteiger partial charge in [-0.3, -0.25) is 9.48 Å². The van der Waals surface area contributed by atoms with E-state index in [-0.39, 0.29) is 25.0 Å². The SMILES string of the molecule is C#CCC(N)C(=O)NC1CCCc2c1cnn2CCO. The molecule has 1 aliphatic rings. The van der Waals surface area contributed by atoms with Gasteiger partial charge in [-0.15, -0.1) is 12.3 Å². The first-order chi connectivity index (χ1) is 9.67. The van der Waals surface area contributed by atoms with Crippen LogP contribution in [0.2, 0.25) is 0 Å². The third-order valence-electron chi connectivity index (χ3n) is 3.57. The summed E-state index contributed by atoms with van der Waals surface area (Å²) in [5.74, 6) is 2.17. The highest BCUT2D eigenvalue weighted by Crippen LogP contribution is 2.29. The first-order valence-electron chi connectivity index (χ1n) is 6.82. The van der Waals surface area contributed by atoms with Crippen LogP contribution in [0.25, 0.3) is 0 Å². The van der Waals surface area contributed by atoms with Crippen molar-refractivity contribution in [3.05, 3.63) is 17.5 Å². The fourth-order valence-corrected chi connectivity index (χ4v) is 2.55. The van der Waals surface area contributed by atoms with E-state index in [0.29, 0.717) is 6.54 Å². The number of aliphatic hydroxyl groups excluding tert-OH is 1. The molecule has 2 atom stereocenters. The van der Waals surface area contributed by atoms with Gasteiger partial charge in [-0.2, -0.15) is 5.10 Å². The Kier molecular flexibility index (Phi) is 4.77. The van der Waals surface area contributed by atoms with Gasteiger partial charge < -0.3 is 16.2 Å². The molecule has 20 heavy (non-hydrogen) atoms. The van der Waals surface area contributed by atoms with Crippen molar-refractivity contribution >= 4 is 5.91 Å². The van der Waals surface area contributed by atoms with Gasteiger partial charge in [0.25, 0.3) is 0 Å². The normalized spacial score (nSPS) is 18.9. The number of rotatable bonds is 5. The molecule has 0 saturated heterocycles. The van der Waals surface area contributed by atoms with Crippen LogP contribution in [-0.2, 0) is 17.8 Å². The molecule has 1 heterocycles. The minimum absolute atomic E-state index is 0.0538. The van der Waals surface area contributed by atoms with Crippen molar-refractivity contribution in [3.63, 3.8) is 0 Å². The second-order valence-corrected chi connectivity index (χ2v) is 4.96. The van der Waals surface area contributed by atoms with Crippen molar-refractivity contribution in [2.45, 2.75) is 44.3 Å². The average molecular weight is 276 g/mol. The van der Waals surface area contributed by atoms with E-state index in [1.54, 1.807) is 10.9 Å². The van der Waals surface area contributed by atoms with Gasteiger partial charge in [0.15, 0.2) is 0 Å². The van der Waals surface area contributed by atoms with Crippen LogP contribution in [0, 0.1) is 12.3 Å². The monoisotopic (exact) mass is 276 g/mol. The molecule has 0 aliphatic heterocycles. The number of hydrogen-bond acceptors (Lipinski definition) is 4. The summed E-state index contributed by atoms with van der Waals surface area (Å²) in [6.45, 7) is 0.533. The zero-order valence-corrected chi connectivity index (χ0v) is 11.4. The Labute approximate surface area is 118 Å². The quantitative estimate of drug-likeness (QED) is 0.645. The summed E-state index contributed by atoms with van der Waals surface area (Å²) in [6.07, 6.45) is 9.92. The van der Waals surface area contributed by atoms with Crippen LogP contribution in [0.3, 0.4) is 0 Å². The maximum absolute atomic E-state index is 11.9. The van der Waals surface area contributed by atoms with Crippen molar-refractivity contribution < 1.29 is 9.90 Å². The summed E-state index contributed by atoms with van der Waals surface area (Å²) in [5.41, 5.74) is 7.81. The molecule has 1 aromatic heterocycles. The molecule has 0 spiro atoms. The molecule has 1 aromatic rings. The molecule has 0 fully saturated rings. The number of hydrogen-bond donors (Lipinski definition) is 3. The number of fused-ring (bicyclic) bond motifs is 1. The van der Waals surface area contributed by atoms with Crippen molar-refractivity contribution in [2.24, 2.45) is 5.73 Å². The van der Waals surface area contributed by atoms with Gasteiger partial charge in [0.2, 0.25) is 5.91 Å². The van der Waals surface area contributed by atoms with Crippen LogP contribution in [0.4, 0.5) is 0 Å². The zero-order valence-electron chi connectivity index (χ0n) is 11.4. The fourth-order valence-electron chi connectivity index (χ4n) is 2.55. The lowest BCUT2D eigenvalue weighted by atomic mass is 9.92. The molecular formula is C14H20N4O2. The van der Waals surface area contributed by atoms with Crippen LogP contribution < -0.4 is 11.1 Å². The van der Waals surface area contributed by atoms with Crippen molar-refractivity contribution in [1.82, 2.24) is 15.1 Å². The van der Waals surface area contributed by atoms with E-state index in [2.05, 4.69) is 16.3 Å². The Morgan fingerprint density at radius 1 is 1.75 bits per heavy atom. The predicted octanol–water partition coefficient (Wildman–Crippen LogP) is -0.280. The van der Waals surface area contributed by atoms with Gasteiger partial charge in [-0.05, 0) is 19.3 Å². The first kappa shape index (κ1) is 14.6. The second kappa shape index (κ2) is 6.55. The molecule has 1 aliphatic carbocycles. The summed E-state index contributed by atoms with van der Waals surface area (Å²) < 4.78 is 1.80. The van der Waals surface area contributed by atoms with E-state index >= 15 is 0 Å². The highest BCUT2D eigenvalue weighted by atomic mass is 16.3. The lowest BCUT2D eigenvalue weighted by Gasteiger charge is -2.25. The van der Waals surface area contributed by atoms with E-state index in [1.165, 1.54) is 0 Å². The highest BCUT2D eigenvalue weighted by molar-refractivity contribution is 5.82. The summed E-state index contributed by atoms with van der Waals surface area (Å²) in [4.78, 5) is 11.9. The van der Waals surface area contributed by atoms with Gasteiger partial charge in [0, 0.05) is 17.7 Å². The molecule has 1 amide bonds. The third-order valence-corrected chi connectivity index (χ3v) is 3.57. The van der Waals surface area contributed by atoms with E-state index in [1.807, 2.05) is 0 Å². The van der Waals surface area contributed by atoms with Crippen LogP contribution >= 0.6 is 0 Å².